The zero-order chi connectivity index (χ0) is 18.2. The zero-order valence-electron chi connectivity index (χ0n) is 16.3. The van der Waals surface area contributed by atoms with Crippen LogP contribution in [0.2, 0.25) is 0 Å². The van der Waals surface area contributed by atoms with Gasteiger partial charge in [0.25, 0.3) is 0 Å². The van der Waals surface area contributed by atoms with E-state index in [0.29, 0.717) is 13.0 Å². The van der Waals surface area contributed by atoms with Gasteiger partial charge in [-0.3, -0.25) is 4.79 Å². The van der Waals surface area contributed by atoms with Crippen LogP contribution in [0.1, 0.15) is 67.2 Å². The maximum atomic E-state index is 11.4. The van der Waals surface area contributed by atoms with Gasteiger partial charge in [-0.25, -0.2) is 0 Å². The van der Waals surface area contributed by atoms with Gasteiger partial charge in [0.05, 0.1) is 13.0 Å². The first-order valence-electron chi connectivity index (χ1n) is 9.15. The summed E-state index contributed by atoms with van der Waals surface area (Å²) in [5.74, 6) is 0.0662. The van der Waals surface area contributed by atoms with Crippen LogP contribution in [0.4, 0.5) is 0 Å². The highest BCUT2D eigenvalue weighted by molar-refractivity contribution is 5.69. The number of esters is 1. The number of hydrogen-bond donors (Lipinski definition) is 0. The van der Waals surface area contributed by atoms with E-state index in [2.05, 4.69) is 52.0 Å². The average Bonchev–Trinajstić information content (AvgIpc) is 2.46. The Kier molecular flexibility index (Phi) is 8.24. The van der Waals surface area contributed by atoms with Crippen molar-refractivity contribution < 1.29 is 9.53 Å². The van der Waals surface area contributed by atoms with E-state index in [0.717, 1.165) is 0 Å². The van der Waals surface area contributed by atoms with Crippen LogP contribution >= 0.6 is 0 Å². The molecule has 0 N–H and O–H groups in total. The molecular formula is C22H34O2. The molecule has 0 heterocycles. The first-order valence-corrected chi connectivity index (χ1v) is 9.15. The SMILES string of the molecule is CCOC(=O)CC(C)/C=C/C=C(C)/C=C/C1=C(C)CCCC1(C)C. The van der Waals surface area contributed by atoms with Crippen molar-refractivity contribution in [1.82, 2.24) is 0 Å². The highest BCUT2D eigenvalue weighted by atomic mass is 16.5. The second-order valence-electron chi connectivity index (χ2n) is 7.55. The Labute approximate surface area is 148 Å². The largest absolute Gasteiger partial charge is 0.466 e. The van der Waals surface area contributed by atoms with E-state index in [1.807, 2.05) is 19.9 Å². The molecule has 0 saturated carbocycles. The lowest BCUT2D eigenvalue weighted by atomic mass is 9.72. The van der Waals surface area contributed by atoms with Crippen molar-refractivity contribution in [3.05, 3.63) is 47.1 Å². The second kappa shape index (κ2) is 9.66. The molecule has 0 fully saturated rings. The fourth-order valence-electron chi connectivity index (χ4n) is 3.23. The summed E-state index contributed by atoms with van der Waals surface area (Å²) in [6, 6.07) is 0. The van der Waals surface area contributed by atoms with E-state index < -0.39 is 0 Å². The monoisotopic (exact) mass is 330 g/mol. The summed E-state index contributed by atoms with van der Waals surface area (Å²) in [5.41, 5.74) is 4.51. The van der Waals surface area contributed by atoms with Gasteiger partial charge in [-0.05, 0) is 56.9 Å². The molecule has 1 rings (SSSR count). The molecule has 0 radical (unpaired) electrons. The van der Waals surface area contributed by atoms with Crippen molar-refractivity contribution in [2.45, 2.75) is 67.2 Å². The average molecular weight is 331 g/mol. The van der Waals surface area contributed by atoms with Gasteiger partial charge in [0.1, 0.15) is 0 Å². The van der Waals surface area contributed by atoms with Crippen molar-refractivity contribution in [3.8, 4) is 0 Å². The van der Waals surface area contributed by atoms with Crippen molar-refractivity contribution in [2.75, 3.05) is 6.61 Å². The molecule has 1 atom stereocenters. The minimum Gasteiger partial charge on any atom is -0.466 e. The third-order valence-electron chi connectivity index (χ3n) is 4.65. The van der Waals surface area contributed by atoms with Crippen LogP contribution in [-0.4, -0.2) is 12.6 Å². The number of carbonyl (C=O) groups is 1. The minimum absolute atomic E-state index is 0.128. The van der Waals surface area contributed by atoms with E-state index >= 15 is 0 Å². The third-order valence-corrected chi connectivity index (χ3v) is 4.65. The van der Waals surface area contributed by atoms with Gasteiger partial charge in [-0.15, -0.1) is 0 Å². The van der Waals surface area contributed by atoms with Gasteiger partial charge in [-0.1, -0.05) is 62.3 Å². The standard InChI is InChI=1S/C22H34O2/c1-7-24-21(23)16-18(3)11-8-10-17(2)13-14-20-19(4)12-9-15-22(20,5)6/h8,10-11,13-14,18H,7,9,12,15-16H2,1-6H3/b11-8+,14-13+,17-10+. The van der Waals surface area contributed by atoms with Gasteiger partial charge in [0.2, 0.25) is 0 Å². The van der Waals surface area contributed by atoms with Gasteiger partial charge in [0.15, 0.2) is 0 Å². The molecule has 24 heavy (non-hydrogen) atoms. The lowest BCUT2D eigenvalue weighted by molar-refractivity contribution is -0.143. The molecule has 1 unspecified atom stereocenters. The second-order valence-corrected chi connectivity index (χ2v) is 7.55. The molecule has 1 aliphatic carbocycles. The predicted molar refractivity (Wildman–Crippen MR) is 103 cm³/mol. The van der Waals surface area contributed by atoms with Crippen LogP contribution in [0.3, 0.4) is 0 Å². The summed E-state index contributed by atoms with van der Waals surface area (Å²) in [4.78, 5) is 11.4. The fourth-order valence-corrected chi connectivity index (χ4v) is 3.23. The molecular weight excluding hydrogens is 296 g/mol. The molecule has 2 heteroatoms. The Morgan fingerprint density at radius 2 is 2.08 bits per heavy atom. The van der Waals surface area contributed by atoms with Crippen molar-refractivity contribution in [1.29, 1.82) is 0 Å². The predicted octanol–water partition coefficient (Wildman–Crippen LogP) is 6.16. The molecule has 0 aromatic rings. The smallest absolute Gasteiger partial charge is 0.306 e. The quantitative estimate of drug-likeness (QED) is 0.412. The molecule has 2 nitrogen and oxygen atoms in total. The van der Waals surface area contributed by atoms with E-state index in [-0.39, 0.29) is 17.3 Å². The number of rotatable bonds is 7. The number of ether oxygens (including phenoxy) is 1. The van der Waals surface area contributed by atoms with Gasteiger partial charge in [0, 0.05) is 0 Å². The van der Waals surface area contributed by atoms with Crippen LogP contribution in [0.15, 0.2) is 47.1 Å². The molecule has 134 valence electrons. The van der Waals surface area contributed by atoms with Crippen LogP contribution in [0.25, 0.3) is 0 Å². The first kappa shape index (κ1) is 20.5. The maximum absolute atomic E-state index is 11.4. The summed E-state index contributed by atoms with van der Waals surface area (Å²) in [6.07, 6.45) is 14.9. The molecule has 0 aliphatic heterocycles. The number of allylic oxidation sites excluding steroid dienone is 8. The van der Waals surface area contributed by atoms with Gasteiger partial charge >= 0.3 is 5.97 Å². The highest BCUT2D eigenvalue weighted by Gasteiger charge is 2.26. The lowest BCUT2D eigenvalue weighted by Gasteiger charge is -2.32. The molecule has 0 amide bonds. The Balaban J connectivity index is 2.63. The molecule has 0 spiro atoms. The van der Waals surface area contributed by atoms with Crippen LogP contribution in [0.5, 0.6) is 0 Å². The van der Waals surface area contributed by atoms with Crippen molar-refractivity contribution in [2.24, 2.45) is 11.3 Å². The van der Waals surface area contributed by atoms with E-state index in [1.54, 1.807) is 0 Å². The Morgan fingerprint density at radius 1 is 1.38 bits per heavy atom. The molecule has 0 aromatic heterocycles. The Bertz CT molecular complexity index is 544. The fraction of sp³-hybridized carbons (Fsp3) is 0.591. The molecule has 0 saturated heterocycles. The minimum atomic E-state index is -0.128. The van der Waals surface area contributed by atoms with Crippen LogP contribution in [0, 0.1) is 11.3 Å². The van der Waals surface area contributed by atoms with Crippen LogP contribution in [-0.2, 0) is 9.53 Å². The van der Waals surface area contributed by atoms with Crippen molar-refractivity contribution >= 4 is 5.97 Å². The normalized spacial score (nSPS) is 20.0. The van der Waals surface area contributed by atoms with Crippen LogP contribution < -0.4 is 0 Å². The number of carbonyl (C=O) groups excluding carboxylic acids is 1. The third kappa shape index (κ3) is 6.90. The summed E-state index contributed by atoms with van der Waals surface area (Å²) in [6.45, 7) is 13.4. The van der Waals surface area contributed by atoms with E-state index in [9.17, 15) is 4.79 Å². The summed E-state index contributed by atoms with van der Waals surface area (Å²) in [5, 5.41) is 0. The summed E-state index contributed by atoms with van der Waals surface area (Å²) < 4.78 is 4.97. The topological polar surface area (TPSA) is 26.3 Å². The first-order chi connectivity index (χ1) is 11.3. The Hall–Kier alpha value is -1.57. The zero-order valence-corrected chi connectivity index (χ0v) is 16.3. The van der Waals surface area contributed by atoms with Crippen molar-refractivity contribution in [3.63, 3.8) is 0 Å². The molecule has 1 aliphatic rings. The van der Waals surface area contributed by atoms with Gasteiger partial charge < -0.3 is 4.74 Å². The Morgan fingerprint density at radius 3 is 2.71 bits per heavy atom. The summed E-state index contributed by atoms with van der Waals surface area (Å²) in [7, 11) is 0. The lowest BCUT2D eigenvalue weighted by Crippen LogP contribution is -2.19. The number of hydrogen-bond acceptors (Lipinski definition) is 2. The van der Waals surface area contributed by atoms with E-state index in [1.165, 1.54) is 36.0 Å². The van der Waals surface area contributed by atoms with E-state index in [4.69, 9.17) is 4.74 Å². The summed E-state index contributed by atoms with van der Waals surface area (Å²) >= 11 is 0. The highest BCUT2D eigenvalue weighted by Crippen LogP contribution is 2.40. The maximum Gasteiger partial charge on any atom is 0.306 e. The van der Waals surface area contributed by atoms with Gasteiger partial charge in [-0.2, -0.15) is 0 Å². The molecule has 0 aromatic carbocycles. The molecule has 0 bridgehead atoms.